The fourth-order valence-electron chi connectivity index (χ4n) is 4.18. The first-order valence-electron chi connectivity index (χ1n) is 9.78. The molecule has 2 rings (SSSR count). The maximum atomic E-state index is 10.6. The minimum atomic E-state index is -0.750. The second-order valence-electron chi connectivity index (χ2n) is 7.51. The van der Waals surface area contributed by atoms with Gasteiger partial charge in [0.05, 0.1) is 12.2 Å². The van der Waals surface area contributed by atoms with E-state index in [1.807, 2.05) is 0 Å². The third-order valence-corrected chi connectivity index (χ3v) is 5.61. The van der Waals surface area contributed by atoms with Crippen molar-refractivity contribution in [2.75, 3.05) is 0 Å². The summed E-state index contributed by atoms with van der Waals surface area (Å²) in [5.74, 6) is 6.74. The van der Waals surface area contributed by atoms with E-state index in [1.165, 1.54) is 5.57 Å². The maximum Gasteiger partial charge on any atom is 0.303 e. The lowest BCUT2D eigenvalue weighted by Crippen LogP contribution is -2.44. The van der Waals surface area contributed by atoms with Gasteiger partial charge >= 0.3 is 5.97 Å². The third kappa shape index (κ3) is 5.87. The number of rotatable bonds is 8. The zero-order chi connectivity index (χ0) is 18.2. The molecule has 2 saturated carbocycles. The summed E-state index contributed by atoms with van der Waals surface area (Å²) in [5.41, 5.74) is 1.37. The van der Waals surface area contributed by atoms with E-state index >= 15 is 0 Å². The van der Waals surface area contributed by atoms with Gasteiger partial charge in [-0.25, -0.2) is 0 Å². The van der Waals surface area contributed by atoms with Gasteiger partial charge in [-0.1, -0.05) is 30.9 Å². The van der Waals surface area contributed by atoms with Crippen LogP contribution >= 0.6 is 0 Å². The number of carboxylic acids is 1. The van der Waals surface area contributed by atoms with E-state index in [2.05, 4.69) is 24.8 Å². The van der Waals surface area contributed by atoms with Crippen molar-refractivity contribution in [2.24, 2.45) is 17.8 Å². The van der Waals surface area contributed by atoms with Gasteiger partial charge in [-0.2, -0.15) is 0 Å². The van der Waals surface area contributed by atoms with Crippen molar-refractivity contribution >= 4 is 5.97 Å². The predicted molar refractivity (Wildman–Crippen MR) is 97.8 cm³/mol. The molecule has 0 aromatic rings. The molecule has 0 spiro atoms. The van der Waals surface area contributed by atoms with E-state index in [4.69, 9.17) is 5.11 Å². The molecule has 25 heavy (non-hydrogen) atoms. The highest BCUT2D eigenvalue weighted by Gasteiger charge is 2.45. The number of carboxylic acid groups (broad SMARTS) is 1. The summed E-state index contributed by atoms with van der Waals surface area (Å²) in [6.45, 7) is 2.08. The van der Waals surface area contributed by atoms with Gasteiger partial charge in [0, 0.05) is 18.8 Å². The lowest BCUT2D eigenvalue weighted by Gasteiger charge is -2.48. The van der Waals surface area contributed by atoms with Crippen molar-refractivity contribution in [3.8, 4) is 11.8 Å². The normalized spacial score (nSPS) is 30.8. The Morgan fingerprint density at radius 1 is 1.36 bits per heavy atom. The van der Waals surface area contributed by atoms with Crippen LogP contribution in [0.5, 0.6) is 0 Å². The van der Waals surface area contributed by atoms with Gasteiger partial charge in [-0.05, 0) is 56.8 Å². The molecule has 1 unspecified atom stereocenters. The van der Waals surface area contributed by atoms with E-state index < -0.39 is 5.97 Å². The molecular weight excluding hydrogens is 316 g/mol. The molecule has 0 radical (unpaired) electrons. The Bertz CT molecular complexity index is 528. The highest BCUT2D eigenvalue weighted by molar-refractivity contribution is 5.66. The molecule has 0 aliphatic heterocycles. The van der Waals surface area contributed by atoms with Gasteiger partial charge in [0.25, 0.3) is 0 Å². The average Bonchev–Trinajstić information content (AvgIpc) is 2.53. The summed E-state index contributed by atoms with van der Waals surface area (Å²) in [5, 5.41) is 28.8. The average molecular weight is 348 g/mol. The molecular formula is C21H32O4. The second kappa shape index (κ2) is 9.99. The number of carbonyl (C=O) groups is 1. The monoisotopic (exact) mass is 348 g/mol. The van der Waals surface area contributed by atoms with Crippen LogP contribution in [0, 0.1) is 29.6 Å². The minimum Gasteiger partial charge on any atom is -0.481 e. The molecule has 2 aliphatic rings. The van der Waals surface area contributed by atoms with Crippen LogP contribution in [-0.4, -0.2) is 33.5 Å². The summed E-state index contributed by atoms with van der Waals surface area (Å²) >= 11 is 0. The van der Waals surface area contributed by atoms with Crippen molar-refractivity contribution in [3.05, 3.63) is 11.6 Å². The molecule has 0 saturated heterocycles. The fourth-order valence-corrected chi connectivity index (χ4v) is 4.18. The van der Waals surface area contributed by atoms with Crippen molar-refractivity contribution in [1.82, 2.24) is 0 Å². The molecule has 140 valence electrons. The zero-order valence-electron chi connectivity index (χ0n) is 15.3. The number of hydrogen-bond acceptors (Lipinski definition) is 3. The molecule has 4 nitrogen and oxygen atoms in total. The van der Waals surface area contributed by atoms with Gasteiger partial charge in [0.1, 0.15) is 0 Å². The van der Waals surface area contributed by atoms with Crippen molar-refractivity contribution in [2.45, 2.75) is 83.3 Å². The molecule has 0 bridgehead atoms. The molecule has 3 N–H and O–H groups in total. The molecule has 0 heterocycles. The molecule has 4 heteroatoms. The van der Waals surface area contributed by atoms with Crippen LogP contribution in [0.1, 0.15) is 71.1 Å². The number of aliphatic hydroxyl groups excluding tert-OH is 2. The number of aliphatic carboxylic acids is 1. The standard InChI is InChI=1S/C21H32O4/c1-2-7-16(22)9-4-3-5-10-18-19-14-15(8-6-11-21(24)25)17(19)12-13-20(18)23/h8,16-20,22-23H,2-4,6-7,9,11-14H2,1H3,(H,24,25)/b15-8-/t16?,17-,18-,19+,20-/m1/s1. The van der Waals surface area contributed by atoms with E-state index in [0.29, 0.717) is 18.3 Å². The molecule has 2 aliphatic carbocycles. The van der Waals surface area contributed by atoms with E-state index in [0.717, 1.165) is 51.4 Å². The Kier molecular flexibility index (Phi) is 7.99. The highest BCUT2D eigenvalue weighted by atomic mass is 16.4. The number of fused-ring (bicyclic) bond motifs is 1. The number of allylic oxidation sites excluding steroid dienone is 2. The maximum absolute atomic E-state index is 10.6. The topological polar surface area (TPSA) is 77.8 Å². The second-order valence-corrected chi connectivity index (χ2v) is 7.51. The Balaban J connectivity index is 1.79. The van der Waals surface area contributed by atoms with Crippen LogP contribution in [0.2, 0.25) is 0 Å². The molecule has 0 aromatic carbocycles. The largest absolute Gasteiger partial charge is 0.481 e. The number of unbranched alkanes of at least 4 members (excludes halogenated alkanes) is 1. The van der Waals surface area contributed by atoms with Crippen molar-refractivity contribution in [1.29, 1.82) is 0 Å². The third-order valence-electron chi connectivity index (χ3n) is 5.61. The Morgan fingerprint density at radius 2 is 2.16 bits per heavy atom. The summed E-state index contributed by atoms with van der Waals surface area (Å²) in [7, 11) is 0. The quantitative estimate of drug-likeness (QED) is 0.356. The van der Waals surface area contributed by atoms with Gasteiger partial charge < -0.3 is 15.3 Å². The fraction of sp³-hybridized carbons (Fsp3) is 0.762. The van der Waals surface area contributed by atoms with E-state index in [9.17, 15) is 15.0 Å². The smallest absolute Gasteiger partial charge is 0.303 e. The summed E-state index contributed by atoms with van der Waals surface area (Å²) < 4.78 is 0. The van der Waals surface area contributed by atoms with Crippen LogP contribution in [0.25, 0.3) is 0 Å². The van der Waals surface area contributed by atoms with Crippen LogP contribution in [0.3, 0.4) is 0 Å². The highest BCUT2D eigenvalue weighted by Crippen LogP contribution is 2.51. The van der Waals surface area contributed by atoms with E-state index in [-0.39, 0.29) is 24.5 Å². The van der Waals surface area contributed by atoms with Gasteiger partial charge in [0.2, 0.25) is 0 Å². The lowest BCUT2D eigenvalue weighted by atomic mass is 9.57. The van der Waals surface area contributed by atoms with Crippen LogP contribution in [0.4, 0.5) is 0 Å². The molecule has 0 amide bonds. The van der Waals surface area contributed by atoms with Gasteiger partial charge in [-0.3, -0.25) is 4.79 Å². The Labute approximate surface area is 151 Å². The van der Waals surface area contributed by atoms with Crippen LogP contribution in [0.15, 0.2) is 11.6 Å². The van der Waals surface area contributed by atoms with Crippen molar-refractivity contribution in [3.63, 3.8) is 0 Å². The Morgan fingerprint density at radius 3 is 2.88 bits per heavy atom. The molecule has 2 fully saturated rings. The first kappa shape index (κ1) is 20.0. The van der Waals surface area contributed by atoms with Crippen LogP contribution < -0.4 is 0 Å². The minimum absolute atomic E-state index is 0.0518. The number of hydrogen-bond donors (Lipinski definition) is 3. The summed E-state index contributed by atoms with van der Waals surface area (Å²) in [6, 6.07) is 0. The first-order chi connectivity index (χ1) is 12.0. The Hall–Kier alpha value is -1.31. The molecule has 0 aromatic heterocycles. The lowest BCUT2D eigenvalue weighted by molar-refractivity contribution is -0.136. The summed E-state index contributed by atoms with van der Waals surface area (Å²) in [6.07, 6.45) is 9.43. The zero-order valence-corrected chi connectivity index (χ0v) is 15.3. The van der Waals surface area contributed by atoms with Gasteiger partial charge in [-0.15, -0.1) is 5.92 Å². The first-order valence-corrected chi connectivity index (χ1v) is 9.78. The van der Waals surface area contributed by atoms with Crippen LogP contribution in [-0.2, 0) is 4.79 Å². The predicted octanol–water partition coefficient (Wildman–Crippen LogP) is 3.52. The summed E-state index contributed by atoms with van der Waals surface area (Å²) in [4.78, 5) is 10.6. The number of aliphatic hydroxyl groups is 2. The van der Waals surface area contributed by atoms with E-state index in [1.54, 1.807) is 0 Å². The SMILES string of the molecule is CCCC(O)CCCC#C[C@@H]1[C@H]2C/C(=C/CCC(=O)O)[C@H]2CC[C@H]1O. The molecule has 5 atom stereocenters. The van der Waals surface area contributed by atoms with Crippen molar-refractivity contribution < 1.29 is 20.1 Å². The van der Waals surface area contributed by atoms with Gasteiger partial charge in [0.15, 0.2) is 0 Å².